The third kappa shape index (κ3) is 2.67. The van der Waals surface area contributed by atoms with Crippen molar-refractivity contribution < 1.29 is 8.42 Å². The van der Waals surface area contributed by atoms with Gasteiger partial charge in [0.1, 0.15) is 0 Å². The molecule has 0 saturated heterocycles. The van der Waals surface area contributed by atoms with Crippen LogP contribution in [0, 0.1) is 5.92 Å². The maximum atomic E-state index is 12.0. The topological polar surface area (TPSA) is 90.0 Å². The highest BCUT2D eigenvalue weighted by Crippen LogP contribution is 2.25. The Hall–Kier alpha value is -0.920. The molecule has 96 valence electrons. The van der Waals surface area contributed by atoms with Gasteiger partial charge in [-0.25, -0.2) is 18.1 Å². The summed E-state index contributed by atoms with van der Waals surface area (Å²) >= 11 is 0. The summed E-state index contributed by atoms with van der Waals surface area (Å²) in [6.07, 6.45) is 5.84. The van der Waals surface area contributed by atoms with E-state index >= 15 is 0 Å². The van der Waals surface area contributed by atoms with Crippen molar-refractivity contribution >= 4 is 10.0 Å². The number of nitrogens with zero attached hydrogens (tertiary/aromatic N) is 2. The van der Waals surface area contributed by atoms with Crippen molar-refractivity contribution in [2.75, 3.05) is 6.54 Å². The molecule has 0 bridgehead atoms. The highest BCUT2D eigenvalue weighted by molar-refractivity contribution is 7.89. The average Bonchev–Trinajstić information content (AvgIpc) is 2.86. The summed E-state index contributed by atoms with van der Waals surface area (Å²) in [5.74, 6) is 0.244. The molecule has 6 nitrogen and oxygen atoms in total. The molecule has 1 aliphatic carbocycles. The van der Waals surface area contributed by atoms with Crippen LogP contribution < -0.4 is 10.5 Å². The van der Waals surface area contributed by atoms with Crippen LogP contribution in [0.3, 0.4) is 0 Å². The normalized spacial score (nSPS) is 25.3. The van der Waals surface area contributed by atoms with Crippen molar-refractivity contribution in [1.29, 1.82) is 0 Å². The molecule has 7 heteroatoms. The van der Waals surface area contributed by atoms with Gasteiger partial charge in [0.15, 0.2) is 5.03 Å². The van der Waals surface area contributed by atoms with Crippen molar-refractivity contribution in [2.45, 2.75) is 30.3 Å². The third-order valence-electron chi connectivity index (χ3n) is 3.22. The van der Waals surface area contributed by atoms with E-state index in [0.29, 0.717) is 6.54 Å². The average molecular weight is 258 g/mol. The van der Waals surface area contributed by atoms with E-state index < -0.39 is 10.0 Å². The Morgan fingerprint density at radius 1 is 1.59 bits per heavy atom. The molecule has 2 unspecified atom stereocenters. The first-order valence-corrected chi connectivity index (χ1v) is 7.21. The lowest BCUT2D eigenvalue weighted by Gasteiger charge is -2.18. The van der Waals surface area contributed by atoms with Gasteiger partial charge in [0.2, 0.25) is 0 Å². The van der Waals surface area contributed by atoms with E-state index in [4.69, 9.17) is 5.73 Å². The number of aromatic nitrogens is 2. The number of nitrogens with one attached hydrogen (secondary N) is 1. The Labute approximate surface area is 101 Å². The standard InChI is InChI=1S/C10H18N4O2S/c1-14-6-10(12-7-14)17(15,16)13-9-4-2-3-8(9)5-11/h6-9,13H,2-5,11H2,1H3. The minimum absolute atomic E-state index is 0.0491. The number of nitrogens with two attached hydrogens (primary N) is 1. The molecule has 1 heterocycles. The van der Waals surface area contributed by atoms with Crippen molar-refractivity contribution in [2.24, 2.45) is 18.7 Å². The number of hydrogen-bond donors (Lipinski definition) is 2. The Bertz CT molecular complexity index is 482. The SMILES string of the molecule is Cn1cnc(S(=O)(=O)NC2CCCC2CN)c1. The first-order valence-electron chi connectivity index (χ1n) is 5.73. The summed E-state index contributed by atoms with van der Waals surface area (Å²) in [7, 11) is -1.76. The molecule has 2 rings (SSSR count). The van der Waals surface area contributed by atoms with Gasteiger partial charge in [0, 0.05) is 19.3 Å². The minimum Gasteiger partial charge on any atom is -0.339 e. The fourth-order valence-corrected chi connectivity index (χ4v) is 3.58. The van der Waals surface area contributed by atoms with Crippen LogP contribution >= 0.6 is 0 Å². The second-order valence-corrected chi connectivity index (χ2v) is 6.19. The smallest absolute Gasteiger partial charge is 0.259 e. The van der Waals surface area contributed by atoms with Crippen molar-refractivity contribution in [1.82, 2.24) is 14.3 Å². The van der Waals surface area contributed by atoms with Crippen molar-refractivity contribution in [3.05, 3.63) is 12.5 Å². The van der Waals surface area contributed by atoms with E-state index in [1.54, 1.807) is 11.6 Å². The largest absolute Gasteiger partial charge is 0.339 e. The third-order valence-corrected chi connectivity index (χ3v) is 4.60. The predicted molar refractivity (Wildman–Crippen MR) is 63.7 cm³/mol. The van der Waals surface area contributed by atoms with Gasteiger partial charge in [-0.1, -0.05) is 6.42 Å². The predicted octanol–water partition coefficient (Wildman–Crippen LogP) is -0.174. The molecular formula is C10H18N4O2S. The second kappa shape index (κ2) is 4.75. The molecule has 0 radical (unpaired) electrons. The van der Waals surface area contributed by atoms with Crippen LogP contribution in [0.25, 0.3) is 0 Å². The Balaban J connectivity index is 2.12. The van der Waals surface area contributed by atoms with Gasteiger partial charge in [-0.3, -0.25) is 0 Å². The van der Waals surface area contributed by atoms with Gasteiger partial charge >= 0.3 is 0 Å². The molecular weight excluding hydrogens is 240 g/mol. The number of imidazole rings is 1. The number of sulfonamides is 1. The Kier molecular flexibility index (Phi) is 3.50. The Morgan fingerprint density at radius 2 is 2.35 bits per heavy atom. The first-order chi connectivity index (χ1) is 8.03. The number of rotatable bonds is 4. The molecule has 2 atom stereocenters. The monoisotopic (exact) mass is 258 g/mol. The lowest BCUT2D eigenvalue weighted by Crippen LogP contribution is -2.39. The van der Waals surface area contributed by atoms with Gasteiger partial charge < -0.3 is 10.3 Å². The van der Waals surface area contributed by atoms with Gasteiger partial charge in [-0.05, 0) is 25.3 Å². The number of aryl methyl sites for hydroxylation is 1. The van der Waals surface area contributed by atoms with Crippen LogP contribution in [0.15, 0.2) is 17.6 Å². The van der Waals surface area contributed by atoms with E-state index in [0.717, 1.165) is 19.3 Å². The lowest BCUT2D eigenvalue weighted by atomic mass is 10.1. The van der Waals surface area contributed by atoms with Crippen molar-refractivity contribution in [3.8, 4) is 0 Å². The van der Waals surface area contributed by atoms with E-state index in [-0.39, 0.29) is 17.0 Å². The van der Waals surface area contributed by atoms with Crippen LogP contribution in [0.2, 0.25) is 0 Å². The quantitative estimate of drug-likeness (QED) is 0.784. The lowest BCUT2D eigenvalue weighted by molar-refractivity contribution is 0.452. The summed E-state index contributed by atoms with van der Waals surface area (Å²) in [5, 5.41) is 0.0719. The van der Waals surface area contributed by atoms with Gasteiger partial charge in [0.05, 0.1) is 6.33 Å². The van der Waals surface area contributed by atoms with Gasteiger partial charge in [-0.2, -0.15) is 0 Å². The van der Waals surface area contributed by atoms with Crippen LogP contribution in [-0.2, 0) is 17.1 Å². The summed E-state index contributed by atoms with van der Waals surface area (Å²) in [4.78, 5) is 3.86. The summed E-state index contributed by atoms with van der Waals surface area (Å²) in [6, 6.07) is -0.0491. The molecule has 1 fully saturated rings. The molecule has 0 amide bonds. The maximum Gasteiger partial charge on any atom is 0.259 e. The van der Waals surface area contributed by atoms with Crippen LogP contribution in [0.5, 0.6) is 0 Å². The van der Waals surface area contributed by atoms with Crippen LogP contribution in [0.4, 0.5) is 0 Å². The van der Waals surface area contributed by atoms with Gasteiger partial charge in [0.25, 0.3) is 10.0 Å². The molecule has 0 spiro atoms. The highest BCUT2D eigenvalue weighted by atomic mass is 32.2. The maximum absolute atomic E-state index is 12.0. The van der Waals surface area contributed by atoms with Crippen LogP contribution in [0.1, 0.15) is 19.3 Å². The van der Waals surface area contributed by atoms with E-state index in [1.807, 2.05) is 0 Å². The highest BCUT2D eigenvalue weighted by Gasteiger charge is 2.31. The van der Waals surface area contributed by atoms with Crippen molar-refractivity contribution in [3.63, 3.8) is 0 Å². The molecule has 1 aliphatic rings. The molecule has 3 N–H and O–H groups in total. The Morgan fingerprint density at radius 3 is 2.94 bits per heavy atom. The summed E-state index contributed by atoms with van der Waals surface area (Å²) < 4.78 is 28.4. The van der Waals surface area contributed by atoms with E-state index in [1.165, 1.54) is 12.5 Å². The van der Waals surface area contributed by atoms with E-state index in [9.17, 15) is 8.42 Å². The zero-order valence-electron chi connectivity index (χ0n) is 9.83. The number of hydrogen-bond acceptors (Lipinski definition) is 4. The zero-order valence-corrected chi connectivity index (χ0v) is 10.7. The fraction of sp³-hybridized carbons (Fsp3) is 0.700. The van der Waals surface area contributed by atoms with E-state index in [2.05, 4.69) is 9.71 Å². The molecule has 0 aromatic carbocycles. The molecule has 17 heavy (non-hydrogen) atoms. The fourth-order valence-electron chi connectivity index (χ4n) is 2.26. The zero-order chi connectivity index (χ0) is 12.5. The summed E-state index contributed by atoms with van der Waals surface area (Å²) in [5.41, 5.74) is 5.63. The molecule has 0 aliphatic heterocycles. The van der Waals surface area contributed by atoms with Gasteiger partial charge in [-0.15, -0.1) is 0 Å². The minimum atomic E-state index is -3.50. The molecule has 1 saturated carbocycles. The summed E-state index contributed by atoms with van der Waals surface area (Å²) in [6.45, 7) is 0.523. The molecule has 1 aromatic rings. The molecule has 1 aromatic heterocycles. The first kappa shape index (κ1) is 12.5. The van der Waals surface area contributed by atoms with Crippen LogP contribution in [-0.4, -0.2) is 30.6 Å². The second-order valence-electron chi connectivity index (χ2n) is 4.53.